The molecule has 0 radical (unpaired) electrons. The zero-order valence-electron chi connectivity index (χ0n) is 8.38. The van der Waals surface area contributed by atoms with Gasteiger partial charge in [0.25, 0.3) is 0 Å². The van der Waals surface area contributed by atoms with E-state index in [2.05, 4.69) is 4.74 Å². The molecule has 3 heteroatoms. The van der Waals surface area contributed by atoms with Gasteiger partial charge in [-0.3, -0.25) is 4.79 Å². The van der Waals surface area contributed by atoms with Gasteiger partial charge in [-0.1, -0.05) is 18.2 Å². The number of phenolic OH excluding ortho intramolecular Hbond substituents is 1. The number of phenols is 1. The van der Waals surface area contributed by atoms with E-state index in [1.165, 1.54) is 25.5 Å². The molecule has 1 N–H and O–H groups in total. The lowest BCUT2D eigenvalue weighted by molar-refractivity contribution is -0.110. The molecule has 15 heavy (non-hydrogen) atoms. The van der Waals surface area contributed by atoms with Crippen molar-refractivity contribution in [1.82, 2.24) is 0 Å². The molecular weight excluding hydrogens is 192 g/mol. The summed E-state index contributed by atoms with van der Waals surface area (Å²) in [4.78, 5) is 11.1. The van der Waals surface area contributed by atoms with Crippen LogP contribution >= 0.6 is 0 Å². The Hall–Kier alpha value is -2.03. The summed E-state index contributed by atoms with van der Waals surface area (Å²) in [5.41, 5.74) is 0.854. The second-order valence-electron chi connectivity index (χ2n) is 2.87. The van der Waals surface area contributed by atoms with Crippen molar-refractivity contribution >= 4 is 11.9 Å². The lowest BCUT2D eigenvalue weighted by atomic mass is 10.2. The smallest absolute Gasteiger partial charge is 0.181 e. The predicted octanol–water partition coefficient (Wildman–Crippen LogP) is 2.13. The van der Waals surface area contributed by atoms with Gasteiger partial charge in [-0.15, -0.1) is 0 Å². The van der Waals surface area contributed by atoms with E-state index in [1.54, 1.807) is 30.3 Å². The largest absolute Gasteiger partial charge is 0.508 e. The molecule has 0 aliphatic rings. The summed E-state index contributed by atoms with van der Waals surface area (Å²) >= 11 is 0. The van der Waals surface area contributed by atoms with Crippen LogP contribution in [-0.4, -0.2) is 18.0 Å². The third-order valence-electron chi connectivity index (χ3n) is 1.70. The maximum Gasteiger partial charge on any atom is 0.181 e. The lowest BCUT2D eigenvalue weighted by Crippen LogP contribution is -1.85. The number of methoxy groups -OCH3 is 1. The molecule has 0 saturated carbocycles. The Kier molecular flexibility index (Phi) is 4.16. The third kappa shape index (κ3) is 4.13. The Morgan fingerprint density at radius 3 is 2.53 bits per heavy atom. The topological polar surface area (TPSA) is 46.5 Å². The average molecular weight is 204 g/mol. The molecule has 0 heterocycles. The number of ether oxygens (including phenoxy) is 1. The molecule has 0 amide bonds. The number of carbonyl (C=O) groups excluding carboxylic acids is 1. The highest BCUT2D eigenvalue weighted by molar-refractivity contribution is 6.01. The van der Waals surface area contributed by atoms with Crippen LogP contribution in [0.15, 0.2) is 42.7 Å². The van der Waals surface area contributed by atoms with Crippen molar-refractivity contribution in [2.24, 2.45) is 0 Å². The summed E-state index contributed by atoms with van der Waals surface area (Å²) in [7, 11) is 1.48. The lowest BCUT2D eigenvalue weighted by Gasteiger charge is -1.92. The molecule has 0 saturated heterocycles. The monoisotopic (exact) mass is 204 g/mol. The second kappa shape index (κ2) is 5.65. The third-order valence-corrected chi connectivity index (χ3v) is 1.70. The summed E-state index contributed by atoms with van der Waals surface area (Å²) in [6, 6.07) is 6.57. The van der Waals surface area contributed by atoms with Crippen molar-refractivity contribution in [3.63, 3.8) is 0 Å². The molecule has 78 valence electrons. The highest BCUT2D eigenvalue weighted by atomic mass is 16.5. The Bertz CT molecular complexity index is 374. The SMILES string of the molecule is CO/C=C/C(=O)/C=C/c1ccc(O)cc1. The Balaban J connectivity index is 2.61. The molecule has 0 atom stereocenters. The second-order valence-corrected chi connectivity index (χ2v) is 2.87. The van der Waals surface area contributed by atoms with Crippen LogP contribution in [-0.2, 0) is 9.53 Å². The van der Waals surface area contributed by atoms with Gasteiger partial charge >= 0.3 is 0 Å². The van der Waals surface area contributed by atoms with Gasteiger partial charge in [0.05, 0.1) is 13.4 Å². The van der Waals surface area contributed by atoms with Crippen molar-refractivity contribution < 1.29 is 14.6 Å². The van der Waals surface area contributed by atoms with Gasteiger partial charge in [0.1, 0.15) is 5.75 Å². The normalized spacial score (nSPS) is 11.0. The summed E-state index contributed by atoms with van der Waals surface area (Å²) < 4.78 is 4.61. The molecule has 3 nitrogen and oxygen atoms in total. The summed E-state index contributed by atoms with van der Waals surface area (Å²) in [5.74, 6) is 0.0580. The van der Waals surface area contributed by atoms with Crippen LogP contribution < -0.4 is 0 Å². The molecule has 0 aliphatic heterocycles. The highest BCUT2D eigenvalue weighted by Gasteiger charge is 1.90. The van der Waals surface area contributed by atoms with E-state index in [-0.39, 0.29) is 11.5 Å². The van der Waals surface area contributed by atoms with Crippen molar-refractivity contribution in [2.45, 2.75) is 0 Å². The van der Waals surface area contributed by atoms with Crippen LogP contribution in [0.25, 0.3) is 6.08 Å². The van der Waals surface area contributed by atoms with E-state index in [0.717, 1.165) is 5.56 Å². The standard InChI is InChI=1S/C12H12O3/c1-15-9-8-12(14)7-4-10-2-5-11(13)6-3-10/h2-9,13H,1H3/b7-4+,9-8+. The number of hydrogen-bond acceptors (Lipinski definition) is 3. The number of benzene rings is 1. The first-order valence-electron chi connectivity index (χ1n) is 4.43. The number of allylic oxidation sites excluding steroid dienone is 2. The van der Waals surface area contributed by atoms with Crippen LogP contribution in [0.4, 0.5) is 0 Å². The molecule has 0 spiro atoms. The minimum atomic E-state index is -0.148. The summed E-state index contributed by atoms with van der Waals surface area (Å²) in [5, 5.41) is 9.03. The maximum atomic E-state index is 11.1. The van der Waals surface area contributed by atoms with Gasteiger partial charge in [-0.05, 0) is 23.8 Å². The zero-order chi connectivity index (χ0) is 11.1. The van der Waals surface area contributed by atoms with Gasteiger partial charge in [-0.25, -0.2) is 0 Å². The molecule has 0 bridgehead atoms. The first-order valence-corrected chi connectivity index (χ1v) is 4.43. The Morgan fingerprint density at radius 2 is 1.93 bits per heavy atom. The quantitative estimate of drug-likeness (QED) is 0.603. The van der Waals surface area contributed by atoms with Crippen molar-refractivity contribution in [1.29, 1.82) is 0 Å². The van der Waals surface area contributed by atoms with Crippen molar-refractivity contribution in [2.75, 3.05) is 7.11 Å². The molecule has 0 aliphatic carbocycles. The van der Waals surface area contributed by atoms with Gasteiger partial charge in [0.15, 0.2) is 5.78 Å². The number of aromatic hydroxyl groups is 1. The van der Waals surface area contributed by atoms with E-state index >= 15 is 0 Å². The fraction of sp³-hybridized carbons (Fsp3) is 0.0833. The average Bonchev–Trinajstić information content (AvgIpc) is 2.25. The number of hydrogen-bond donors (Lipinski definition) is 1. The number of ketones is 1. The molecule has 1 aromatic carbocycles. The molecule has 1 rings (SSSR count). The molecule has 0 aromatic heterocycles. The van der Waals surface area contributed by atoms with Crippen molar-refractivity contribution in [3.05, 3.63) is 48.2 Å². The first kappa shape index (κ1) is 11.0. The van der Waals surface area contributed by atoms with Crippen LogP contribution in [0, 0.1) is 0 Å². The minimum absolute atomic E-state index is 0.148. The highest BCUT2D eigenvalue weighted by Crippen LogP contribution is 2.10. The van der Waals surface area contributed by atoms with E-state index in [9.17, 15) is 4.79 Å². The molecular formula is C12H12O3. The van der Waals surface area contributed by atoms with Gasteiger partial charge in [0.2, 0.25) is 0 Å². The van der Waals surface area contributed by atoms with Crippen LogP contribution in [0.1, 0.15) is 5.56 Å². The maximum absolute atomic E-state index is 11.1. The van der Waals surface area contributed by atoms with E-state index in [4.69, 9.17) is 5.11 Å². The summed E-state index contributed by atoms with van der Waals surface area (Å²) in [6.07, 6.45) is 5.75. The molecule has 0 unspecified atom stereocenters. The van der Waals surface area contributed by atoms with E-state index in [1.807, 2.05) is 0 Å². The molecule has 0 fully saturated rings. The van der Waals surface area contributed by atoms with Gasteiger partial charge in [0, 0.05) is 6.08 Å². The minimum Gasteiger partial charge on any atom is -0.508 e. The van der Waals surface area contributed by atoms with E-state index < -0.39 is 0 Å². The van der Waals surface area contributed by atoms with E-state index in [0.29, 0.717) is 0 Å². The number of carbonyl (C=O) groups is 1. The fourth-order valence-electron chi connectivity index (χ4n) is 0.954. The van der Waals surface area contributed by atoms with Gasteiger partial charge in [-0.2, -0.15) is 0 Å². The fourth-order valence-corrected chi connectivity index (χ4v) is 0.954. The van der Waals surface area contributed by atoms with Crippen molar-refractivity contribution in [3.8, 4) is 5.75 Å². The van der Waals surface area contributed by atoms with Crippen LogP contribution in [0.2, 0.25) is 0 Å². The summed E-state index contributed by atoms with van der Waals surface area (Å²) in [6.45, 7) is 0. The predicted molar refractivity (Wildman–Crippen MR) is 58.3 cm³/mol. The van der Waals surface area contributed by atoms with Crippen LogP contribution in [0.5, 0.6) is 5.75 Å². The number of rotatable bonds is 4. The van der Waals surface area contributed by atoms with Crippen LogP contribution in [0.3, 0.4) is 0 Å². The van der Waals surface area contributed by atoms with Gasteiger partial charge < -0.3 is 9.84 Å². The Labute approximate surface area is 88.3 Å². The molecule has 1 aromatic rings. The zero-order valence-corrected chi connectivity index (χ0v) is 8.38. The Morgan fingerprint density at radius 1 is 1.27 bits per heavy atom. The first-order chi connectivity index (χ1) is 7.22.